The molecule has 0 saturated carbocycles. The van der Waals surface area contributed by atoms with Gasteiger partial charge in [-0.25, -0.2) is 0 Å². The van der Waals surface area contributed by atoms with Crippen molar-refractivity contribution in [2.24, 2.45) is 0 Å². The Morgan fingerprint density at radius 1 is 1.67 bits per heavy atom. The summed E-state index contributed by atoms with van der Waals surface area (Å²) in [7, 11) is 0. The van der Waals surface area contributed by atoms with Gasteiger partial charge in [0.1, 0.15) is 0 Å². The van der Waals surface area contributed by atoms with Gasteiger partial charge in [-0.3, -0.25) is 0 Å². The van der Waals surface area contributed by atoms with Crippen molar-refractivity contribution in [3.05, 3.63) is 0 Å². The number of halogens is 1. The second-order valence-electron chi connectivity index (χ2n) is 0.266. The fourth-order valence-corrected chi connectivity index (χ4v) is 0. The molecule has 0 aromatic rings. The van der Waals surface area contributed by atoms with Gasteiger partial charge in [-0.15, -0.1) is 0 Å². The summed E-state index contributed by atoms with van der Waals surface area (Å²) in [6.45, 7) is 0. The molecule has 0 rings (SSSR count). The fourth-order valence-electron chi connectivity index (χ4n) is 0. The maximum Gasteiger partial charge on any atom is 2.00 e. The smallest absolute Gasteiger partial charge is 1.00 e. The van der Waals surface area contributed by atoms with Crippen LogP contribution in [0.4, 0.5) is 4.79 Å². The Morgan fingerprint density at radius 2 is 1.67 bits per heavy atom. The van der Waals surface area contributed by atoms with Crippen molar-refractivity contribution >= 4 is 43.9 Å². The van der Waals surface area contributed by atoms with E-state index in [9.17, 15) is 0 Å². The Bertz CT molecular complexity index is 33.8. The normalized spacial score (nSPS) is 4.00. The molecule has 6 heavy (non-hydrogen) atoms. The van der Waals surface area contributed by atoms with Crippen molar-refractivity contribution in [1.29, 1.82) is 0 Å². The van der Waals surface area contributed by atoms with Gasteiger partial charge in [-0.2, -0.15) is 0 Å². The monoisotopic (exact) mass is 120 g/mol. The molecule has 0 heterocycles. The fraction of sp³-hybridized carbons (Fsp3) is 0. The van der Waals surface area contributed by atoms with E-state index in [0.717, 1.165) is 0 Å². The van der Waals surface area contributed by atoms with Crippen molar-refractivity contribution < 1.29 is 19.7 Å². The first-order valence-corrected chi connectivity index (χ1v) is 0.632. The zero-order valence-corrected chi connectivity index (χ0v) is 5.06. The molecule has 0 amide bonds. The Morgan fingerprint density at radius 3 is 1.67 bits per heavy atom. The first-order chi connectivity index (χ1) is 1.73. The van der Waals surface area contributed by atoms with Crippen LogP contribution in [-0.2, 0) is 0 Å². The SMILES string of the molecule is O=C([O-])O.[Ca+2].[F-]. The van der Waals surface area contributed by atoms with Crippen LogP contribution in [0.25, 0.3) is 0 Å². The van der Waals surface area contributed by atoms with Crippen molar-refractivity contribution in [2.75, 3.05) is 0 Å². The maximum atomic E-state index is 8.44. The summed E-state index contributed by atoms with van der Waals surface area (Å²) in [6, 6.07) is 0. The topological polar surface area (TPSA) is 60.4 Å². The quantitative estimate of drug-likeness (QED) is 0.328. The summed E-state index contributed by atoms with van der Waals surface area (Å²) in [4.78, 5) is 8.44. The molecule has 1 N–H and O–H groups in total. The first-order valence-electron chi connectivity index (χ1n) is 0.632. The van der Waals surface area contributed by atoms with Crippen molar-refractivity contribution in [3.8, 4) is 0 Å². The minimum Gasteiger partial charge on any atom is -1.00 e. The third kappa shape index (κ3) is 253. The van der Waals surface area contributed by atoms with Gasteiger partial charge in [0.25, 0.3) is 0 Å². The largest absolute Gasteiger partial charge is 2.00 e. The van der Waals surface area contributed by atoms with Gasteiger partial charge >= 0.3 is 37.7 Å². The molecule has 3 nitrogen and oxygen atoms in total. The molecule has 0 fully saturated rings. The number of hydrogen-bond donors (Lipinski definition) is 1. The van der Waals surface area contributed by atoms with E-state index in [-0.39, 0.29) is 42.4 Å². The van der Waals surface area contributed by atoms with Crippen molar-refractivity contribution in [1.82, 2.24) is 0 Å². The number of rotatable bonds is 0. The molecule has 0 aliphatic carbocycles. The van der Waals surface area contributed by atoms with Crippen LogP contribution >= 0.6 is 0 Å². The second-order valence-corrected chi connectivity index (χ2v) is 0.266. The molecule has 0 atom stereocenters. The van der Waals surface area contributed by atoms with Gasteiger partial charge in [0.05, 0.1) is 0 Å². The van der Waals surface area contributed by atoms with Crippen molar-refractivity contribution in [3.63, 3.8) is 0 Å². The van der Waals surface area contributed by atoms with E-state index in [2.05, 4.69) is 0 Å². The van der Waals surface area contributed by atoms with Gasteiger partial charge in [0.2, 0.25) is 6.16 Å². The van der Waals surface area contributed by atoms with E-state index in [1.165, 1.54) is 0 Å². The average molecular weight is 120 g/mol. The van der Waals surface area contributed by atoms with Crippen LogP contribution in [0.5, 0.6) is 0 Å². The summed E-state index contributed by atoms with van der Waals surface area (Å²) < 4.78 is 0. The third-order valence-electron chi connectivity index (χ3n) is 0. The summed E-state index contributed by atoms with van der Waals surface area (Å²) >= 11 is 0. The number of carboxylic acid groups (broad SMARTS) is 2. The van der Waals surface area contributed by atoms with E-state index < -0.39 is 6.16 Å². The Labute approximate surface area is 63.3 Å². The minimum atomic E-state index is -2.08. The van der Waals surface area contributed by atoms with Crippen LogP contribution < -0.4 is 9.81 Å². The number of hydrogen-bond acceptors (Lipinski definition) is 2. The molecule has 32 valence electrons. The summed E-state index contributed by atoms with van der Waals surface area (Å²) in [5.41, 5.74) is 0. The standard InChI is InChI=1S/CH2O3.Ca.FH/c2-1(3)4;;/h(H2,2,3,4);;1H/q;+2;/p-2. The van der Waals surface area contributed by atoms with Gasteiger partial charge in [-0.1, -0.05) is 0 Å². The van der Waals surface area contributed by atoms with Crippen LogP contribution in [0.2, 0.25) is 0 Å². The van der Waals surface area contributed by atoms with Crippen LogP contribution in [0.15, 0.2) is 0 Å². The molecular formula is CHCaFO3. The summed E-state index contributed by atoms with van der Waals surface area (Å²) in [6.07, 6.45) is -2.08. The number of carbonyl (C=O) groups is 1. The van der Waals surface area contributed by atoms with Crippen LogP contribution in [0.1, 0.15) is 0 Å². The first kappa shape index (κ1) is 16.1. The Hall–Kier alpha value is 0.460. The van der Waals surface area contributed by atoms with Gasteiger partial charge < -0.3 is 19.7 Å². The zero-order valence-electron chi connectivity index (χ0n) is 2.85. The Balaban J connectivity index is -0.0000000450. The minimum absolute atomic E-state index is 0. The van der Waals surface area contributed by atoms with Gasteiger partial charge in [0, 0.05) is 0 Å². The van der Waals surface area contributed by atoms with E-state index in [4.69, 9.17) is 15.0 Å². The van der Waals surface area contributed by atoms with E-state index in [1.54, 1.807) is 0 Å². The second kappa shape index (κ2) is 9.07. The van der Waals surface area contributed by atoms with Gasteiger partial charge in [-0.05, 0) is 0 Å². The molecule has 0 aliphatic heterocycles. The summed E-state index contributed by atoms with van der Waals surface area (Å²) in [5.74, 6) is 0. The predicted octanol–water partition coefficient (Wildman–Crippen LogP) is -4.49. The molecule has 0 bridgehead atoms. The maximum absolute atomic E-state index is 8.44. The predicted molar refractivity (Wildman–Crippen MR) is 13.8 cm³/mol. The summed E-state index contributed by atoms with van der Waals surface area (Å²) in [5, 5.41) is 15.3. The van der Waals surface area contributed by atoms with Crippen LogP contribution in [0.3, 0.4) is 0 Å². The van der Waals surface area contributed by atoms with E-state index in [0.29, 0.717) is 0 Å². The third-order valence-corrected chi connectivity index (χ3v) is 0. The van der Waals surface area contributed by atoms with Crippen LogP contribution in [-0.4, -0.2) is 49.0 Å². The molecule has 0 aliphatic rings. The molecule has 0 aromatic carbocycles. The van der Waals surface area contributed by atoms with E-state index >= 15 is 0 Å². The molecule has 0 spiro atoms. The molecule has 0 unspecified atom stereocenters. The molecule has 0 saturated heterocycles. The zero-order chi connectivity index (χ0) is 3.58. The molecule has 5 heteroatoms. The molecular weight excluding hydrogens is 119 g/mol. The van der Waals surface area contributed by atoms with Crippen molar-refractivity contribution in [2.45, 2.75) is 0 Å². The van der Waals surface area contributed by atoms with Crippen LogP contribution in [0, 0.1) is 0 Å². The van der Waals surface area contributed by atoms with Gasteiger partial charge in [0.15, 0.2) is 0 Å². The Kier molecular flexibility index (Phi) is 24.3. The molecule has 0 aromatic heterocycles. The van der Waals surface area contributed by atoms with E-state index in [1.807, 2.05) is 0 Å². The average Bonchev–Trinajstić information content (AvgIpc) is 0.811. The molecule has 0 radical (unpaired) electrons.